The van der Waals surface area contributed by atoms with Crippen molar-refractivity contribution in [3.8, 4) is 0 Å². The van der Waals surface area contributed by atoms with Gasteiger partial charge in [-0.2, -0.15) is 0 Å². The van der Waals surface area contributed by atoms with Crippen LogP contribution in [0, 0.1) is 16.0 Å². The lowest BCUT2D eigenvalue weighted by atomic mass is 9.92. The number of cyclic esters (lactones) is 1. The highest BCUT2D eigenvalue weighted by molar-refractivity contribution is 5.86. The van der Waals surface area contributed by atoms with Gasteiger partial charge >= 0.3 is 5.97 Å². The van der Waals surface area contributed by atoms with Crippen LogP contribution in [0.15, 0.2) is 24.3 Å². The fourth-order valence-electron chi connectivity index (χ4n) is 2.00. The summed E-state index contributed by atoms with van der Waals surface area (Å²) < 4.78 is 5.09. The van der Waals surface area contributed by atoms with Gasteiger partial charge in [0.25, 0.3) is 5.69 Å². The number of hydrogen-bond donors (Lipinski definition) is 0. The van der Waals surface area contributed by atoms with Crippen LogP contribution in [0.4, 0.5) is 5.69 Å². The first-order chi connectivity index (χ1) is 8.49. The molecule has 0 aliphatic carbocycles. The minimum absolute atomic E-state index is 0.0394. The molecule has 0 bridgehead atoms. The Morgan fingerprint density at radius 1 is 1.39 bits per heavy atom. The molecule has 2 rings (SSSR count). The van der Waals surface area contributed by atoms with Gasteiger partial charge in [-0.1, -0.05) is 0 Å². The van der Waals surface area contributed by atoms with Crippen LogP contribution in [-0.2, 0) is 14.3 Å². The molecule has 1 aromatic rings. The van der Waals surface area contributed by atoms with Crippen molar-refractivity contribution in [2.45, 2.75) is 19.4 Å². The lowest BCUT2D eigenvalue weighted by Gasteiger charge is -2.15. The van der Waals surface area contributed by atoms with Crippen LogP contribution in [-0.4, -0.2) is 16.7 Å². The molecule has 0 N–H and O–H groups in total. The van der Waals surface area contributed by atoms with Gasteiger partial charge in [0.2, 0.25) is 0 Å². The monoisotopic (exact) mass is 249 g/mol. The Kier molecular flexibility index (Phi) is 3.10. The number of nitrogens with zero attached hydrogens (tertiary/aromatic N) is 1. The zero-order valence-corrected chi connectivity index (χ0v) is 9.66. The fraction of sp³-hybridized carbons (Fsp3) is 0.333. The van der Waals surface area contributed by atoms with Gasteiger partial charge in [0.05, 0.1) is 17.3 Å². The van der Waals surface area contributed by atoms with Gasteiger partial charge in [0, 0.05) is 12.1 Å². The Bertz CT molecular complexity index is 508. The summed E-state index contributed by atoms with van der Waals surface area (Å²) in [6.07, 6.45) is -0.562. The molecule has 0 amide bonds. The van der Waals surface area contributed by atoms with Crippen molar-refractivity contribution in [1.82, 2.24) is 0 Å². The van der Waals surface area contributed by atoms with Crippen molar-refractivity contribution >= 4 is 17.4 Å². The van der Waals surface area contributed by atoms with Crippen molar-refractivity contribution in [3.05, 3.63) is 39.9 Å². The standard InChI is InChI=1S/C12H11NO5/c1-7(14)10-6-11(15)18-12(10)8-2-4-9(5-3-8)13(16)17/h2-5,10,12H,6H2,1H3/t10-,12-/m0/s1. The van der Waals surface area contributed by atoms with Crippen molar-refractivity contribution in [2.24, 2.45) is 5.92 Å². The molecule has 0 radical (unpaired) electrons. The summed E-state index contributed by atoms with van der Waals surface area (Å²) in [4.78, 5) is 32.7. The van der Waals surface area contributed by atoms with Gasteiger partial charge in [0.15, 0.2) is 0 Å². The summed E-state index contributed by atoms with van der Waals surface area (Å²) in [5, 5.41) is 10.5. The number of nitro benzene ring substituents is 1. The quantitative estimate of drug-likeness (QED) is 0.463. The smallest absolute Gasteiger partial charge is 0.307 e. The van der Waals surface area contributed by atoms with E-state index in [2.05, 4.69) is 0 Å². The average Bonchev–Trinajstić information content (AvgIpc) is 2.71. The van der Waals surface area contributed by atoms with E-state index in [0.717, 1.165) is 0 Å². The Morgan fingerprint density at radius 2 is 2.00 bits per heavy atom. The molecule has 0 unspecified atom stereocenters. The van der Waals surface area contributed by atoms with Crippen LogP contribution in [0.5, 0.6) is 0 Å². The van der Waals surface area contributed by atoms with Crippen LogP contribution in [0.2, 0.25) is 0 Å². The number of benzene rings is 1. The van der Waals surface area contributed by atoms with Gasteiger partial charge in [-0.15, -0.1) is 0 Å². The third-order valence-corrected chi connectivity index (χ3v) is 2.97. The molecule has 2 atom stereocenters. The van der Waals surface area contributed by atoms with Crippen LogP contribution in [0.25, 0.3) is 0 Å². The van der Waals surface area contributed by atoms with Crippen LogP contribution in [0.3, 0.4) is 0 Å². The minimum Gasteiger partial charge on any atom is -0.457 e. The summed E-state index contributed by atoms with van der Waals surface area (Å²) in [7, 11) is 0. The second kappa shape index (κ2) is 4.56. The molecule has 94 valence electrons. The van der Waals surface area contributed by atoms with Crippen molar-refractivity contribution in [2.75, 3.05) is 0 Å². The first-order valence-corrected chi connectivity index (χ1v) is 5.43. The van der Waals surface area contributed by atoms with Gasteiger partial charge < -0.3 is 4.74 Å². The van der Waals surface area contributed by atoms with E-state index in [4.69, 9.17) is 4.74 Å². The summed E-state index contributed by atoms with van der Waals surface area (Å²) in [5.74, 6) is -1.04. The molecule has 0 aromatic heterocycles. The fourth-order valence-corrected chi connectivity index (χ4v) is 2.00. The molecule has 1 aromatic carbocycles. The first-order valence-electron chi connectivity index (χ1n) is 5.43. The lowest BCUT2D eigenvalue weighted by molar-refractivity contribution is -0.384. The Hall–Kier alpha value is -2.24. The molecule has 1 fully saturated rings. The summed E-state index contributed by atoms with van der Waals surface area (Å²) >= 11 is 0. The normalized spacial score (nSPS) is 22.6. The number of Topliss-reactive ketones (excluding diaryl/α,β-unsaturated/α-hetero) is 1. The van der Waals surface area contributed by atoms with Gasteiger partial charge in [0.1, 0.15) is 11.9 Å². The number of nitro groups is 1. The number of esters is 1. The summed E-state index contributed by atoms with van der Waals surface area (Å²) in [5.41, 5.74) is 0.564. The van der Waals surface area contributed by atoms with E-state index in [0.29, 0.717) is 5.56 Å². The van der Waals surface area contributed by atoms with E-state index >= 15 is 0 Å². The first kappa shape index (κ1) is 12.2. The largest absolute Gasteiger partial charge is 0.457 e. The van der Waals surface area contributed by atoms with Gasteiger partial charge in [-0.05, 0) is 24.6 Å². The zero-order chi connectivity index (χ0) is 13.3. The lowest BCUT2D eigenvalue weighted by Crippen LogP contribution is -2.15. The molecule has 1 saturated heterocycles. The SMILES string of the molecule is CC(=O)[C@@H]1CC(=O)O[C@H]1c1ccc([N+](=O)[O-])cc1. The molecule has 0 spiro atoms. The third kappa shape index (κ3) is 2.22. The van der Waals surface area contributed by atoms with Crippen LogP contribution in [0.1, 0.15) is 25.0 Å². The van der Waals surface area contributed by atoms with Crippen molar-refractivity contribution in [3.63, 3.8) is 0 Å². The summed E-state index contributed by atoms with van der Waals surface area (Å²) in [6.45, 7) is 1.41. The van der Waals surface area contributed by atoms with E-state index in [9.17, 15) is 19.7 Å². The molecule has 0 saturated carbocycles. The molecule has 1 heterocycles. The zero-order valence-electron chi connectivity index (χ0n) is 9.66. The number of non-ortho nitro benzene ring substituents is 1. The van der Waals surface area contributed by atoms with E-state index in [1.165, 1.54) is 31.2 Å². The highest BCUT2D eigenvalue weighted by atomic mass is 16.6. The Labute approximate surface area is 103 Å². The second-order valence-corrected chi connectivity index (χ2v) is 4.18. The maximum atomic E-state index is 11.4. The minimum atomic E-state index is -0.629. The van der Waals surface area contributed by atoms with E-state index in [1.54, 1.807) is 0 Å². The van der Waals surface area contributed by atoms with E-state index in [1.807, 2.05) is 0 Å². The van der Waals surface area contributed by atoms with E-state index < -0.39 is 22.9 Å². The Morgan fingerprint density at radius 3 is 2.50 bits per heavy atom. The molecular weight excluding hydrogens is 238 g/mol. The van der Waals surface area contributed by atoms with Crippen molar-refractivity contribution < 1.29 is 19.2 Å². The predicted octanol–water partition coefficient (Wildman–Crippen LogP) is 1.79. The maximum Gasteiger partial charge on any atom is 0.307 e. The topological polar surface area (TPSA) is 86.5 Å². The highest BCUT2D eigenvalue weighted by Gasteiger charge is 2.38. The van der Waals surface area contributed by atoms with Crippen LogP contribution >= 0.6 is 0 Å². The number of rotatable bonds is 3. The number of ketones is 1. The Balaban J connectivity index is 2.27. The second-order valence-electron chi connectivity index (χ2n) is 4.18. The molecule has 1 aliphatic rings. The number of ether oxygens (including phenoxy) is 1. The van der Waals surface area contributed by atoms with Gasteiger partial charge in [-0.3, -0.25) is 19.7 Å². The van der Waals surface area contributed by atoms with Gasteiger partial charge in [-0.25, -0.2) is 0 Å². The molecule has 1 aliphatic heterocycles. The van der Waals surface area contributed by atoms with E-state index in [-0.39, 0.29) is 17.9 Å². The molecular formula is C12H11NO5. The predicted molar refractivity (Wildman–Crippen MR) is 60.7 cm³/mol. The molecule has 6 heteroatoms. The third-order valence-electron chi connectivity index (χ3n) is 2.97. The number of carbonyl (C=O) groups is 2. The average molecular weight is 249 g/mol. The number of carbonyl (C=O) groups excluding carboxylic acids is 2. The number of hydrogen-bond acceptors (Lipinski definition) is 5. The van der Waals surface area contributed by atoms with Crippen molar-refractivity contribution in [1.29, 1.82) is 0 Å². The summed E-state index contributed by atoms with van der Waals surface area (Å²) in [6, 6.07) is 5.69. The molecule has 6 nitrogen and oxygen atoms in total. The highest BCUT2D eigenvalue weighted by Crippen LogP contribution is 2.36. The van der Waals surface area contributed by atoms with Crippen LogP contribution < -0.4 is 0 Å². The maximum absolute atomic E-state index is 11.4. The molecule has 18 heavy (non-hydrogen) atoms.